The highest BCUT2D eigenvalue weighted by atomic mass is 32.1. The molecule has 32 heavy (non-hydrogen) atoms. The van der Waals surface area contributed by atoms with Crippen LogP contribution >= 0.6 is 11.3 Å². The number of hydrogen-bond donors (Lipinski definition) is 0. The summed E-state index contributed by atoms with van der Waals surface area (Å²) < 4.78 is 14.4. The van der Waals surface area contributed by atoms with E-state index >= 15 is 0 Å². The molecule has 168 valence electrons. The quantitative estimate of drug-likeness (QED) is 0.586. The molecule has 1 unspecified atom stereocenters. The van der Waals surface area contributed by atoms with Crippen LogP contribution in [-0.4, -0.2) is 66.5 Å². The van der Waals surface area contributed by atoms with E-state index in [4.69, 9.17) is 0 Å². The van der Waals surface area contributed by atoms with Crippen LogP contribution in [0.25, 0.3) is 10.2 Å². The lowest BCUT2D eigenvalue weighted by molar-refractivity contribution is -0.137. The topological polar surface area (TPSA) is 39.7 Å². The first-order valence-electron chi connectivity index (χ1n) is 11.5. The maximum absolute atomic E-state index is 13.5. The number of carbonyl (C=O) groups is 1. The Kier molecular flexibility index (Phi) is 6.37. The minimum atomic E-state index is -0.234. The van der Waals surface area contributed by atoms with Gasteiger partial charge >= 0.3 is 0 Å². The van der Waals surface area contributed by atoms with E-state index in [0.29, 0.717) is 6.54 Å². The Balaban J connectivity index is 1.15. The van der Waals surface area contributed by atoms with Crippen LogP contribution in [0.3, 0.4) is 0 Å². The number of halogens is 1. The van der Waals surface area contributed by atoms with Crippen molar-refractivity contribution in [3.8, 4) is 0 Å². The maximum Gasteiger partial charge on any atom is 0.227 e. The molecule has 5 nitrogen and oxygen atoms in total. The molecule has 0 saturated carbocycles. The van der Waals surface area contributed by atoms with Gasteiger partial charge in [-0.1, -0.05) is 41.7 Å². The summed E-state index contributed by atoms with van der Waals surface area (Å²) >= 11 is 1.51. The van der Waals surface area contributed by atoms with Crippen molar-refractivity contribution in [2.24, 2.45) is 5.92 Å². The molecule has 2 fully saturated rings. The van der Waals surface area contributed by atoms with Gasteiger partial charge in [0.25, 0.3) is 0 Å². The molecular weight excluding hydrogens is 423 g/mol. The average molecular weight is 453 g/mol. The van der Waals surface area contributed by atoms with Gasteiger partial charge < -0.3 is 9.80 Å². The lowest BCUT2D eigenvalue weighted by Gasteiger charge is -2.39. The normalized spacial score (nSPS) is 20.1. The van der Waals surface area contributed by atoms with Gasteiger partial charge in [-0.25, -0.2) is 9.37 Å². The molecule has 0 bridgehead atoms. The average Bonchev–Trinajstić information content (AvgIpc) is 3.27. The van der Waals surface area contributed by atoms with Gasteiger partial charge in [0.1, 0.15) is 5.82 Å². The van der Waals surface area contributed by atoms with Crippen molar-refractivity contribution in [1.29, 1.82) is 0 Å². The summed E-state index contributed by atoms with van der Waals surface area (Å²) in [5.74, 6) is 0.0650. The number of thiazole rings is 1. The molecule has 2 aromatic carbocycles. The molecular formula is C25H29FN4OS. The van der Waals surface area contributed by atoms with E-state index in [0.717, 1.165) is 73.9 Å². The van der Waals surface area contributed by atoms with E-state index in [-0.39, 0.29) is 17.6 Å². The van der Waals surface area contributed by atoms with Gasteiger partial charge in [-0.3, -0.25) is 9.69 Å². The highest BCUT2D eigenvalue weighted by molar-refractivity contribution is 7.22. The first-order valence-corrected chi connectivity index (χ1v) is 12.3. The predicted molar refractivity (Wildman–Crippen MR) is 128 cm³/mol. The van der Waals surface area contributed by atoms with Crippen molar-refractivity contribution >= 4 is 32.6 Å². The molecule has 0 aliphatic carbocycles. The Morgan fingerprint density at radius 2 is 1.88 bits per heavy atom. The van der Waals surface area contributed by atoms with Gasteiger partial charge in [0.05, 0.1) is 16.1 Å². The zero-order valence-electron chi connectivity index (χ0n) is 18.3. The highest BCUT2D eigenvalue weighted by Crippen LogP contribution is 2.32. The second kappa shape index (κ2) is 9.55. The van der Waals surface area contributed by atoms with E-state index < -0.39 is 0 Å². The lowest BCUT2D eigenvalue weighted by atomic mass is 9.96. The molecule has 2 aliphatic rings. The molecule has 7 heteroatoms. The molecule has 2 saturated heterocycles. The third kappa shape index (κ3) is 4.79. The summed E-state index contributed by atoms with van der Waals surface area (Å²) in [6, 6.07) is 15.3. The Hall–Kier alpha value is -2.51. The van der Waals surface area contributed by atoms with Crippen molar-refractivity contribution < 1.29 is 9.18 Å². The summed E-state index contributed by atoms with van der Waals surface area (Å²) in [6.07, 6.45) is 2.97. The second-order valence-electron chi connectivity index (χ2n) is 8.80. The van der Waals surface area contributed by atoms with Crippen LogP contribution < -0.4 is 4.90 Å². The number of piperazine rings is 1. The number of carbonyl (C=O) groups excluding carboxylic acids is 1. The third-order valence-electron chi connectivity index (χ3n) is 6.62. The number of fused-ring (bicyclic) bond motifs is 1. The van der Waals surface area contributed by atoms with Crippen LogP contribution in [0, 0.1) is 11.7 Å². The minimum absolute atomic E-state index is 0.0170. The van der Waals surface area contributed by atoms with Gasteiger partial charge in [0, 0.05) is 45.8 Å². The summed E-state index contributed by atoms with van der Waals surface area (Å²) in [5, 5.41) is 0.897. The second-order valence-corrected chi connectivity index (χ2v) is 9.81. The molecule has 2 aliphatic heterocycles. The molecule has 0 N–H and O–H groups in total. The smallest absolute Gasteiger partial charge is 0.227 e. The molecule has 1 atom stereocenters. The van der Waals surface area contributed by atoms with Crippen LogP contribution in [0.15, 0.2) is 48.5 Å². The Morgan fingerprint density at radius 3 is 2.69 bits per heavy atom. The Morgan fingerprint density at radius 1 is 1.06 bits per heavy atom. The van der Waals surface area contributed by atoms with Crippen molar-refractivity contribution in [3.63, 3.8) is 0 Å². The van der Waals surface area contributed by atoms with E-state index in [1.54, 1.807) is 12.1 Å². The number of rotatable bonds is 5. The van der Waals surface area contributed by atoms with Gasteiger partial charge in [0.2, 0.25) is 5.91 Å². The highest BCUT2D eigenvalue weighted by Gasteiger charge is 2.32. The number of aromatic nitrogens is 1. The Bertz CT molecular complexity index is 1060. The standard InChI is InChI=1S/C25H29FN4OS/c26-21-8-9-22-23(17-21)32-25(27-22)30-11-4-7-20(18-30)24(31)29-15-13-28(14-16-29)12-10-19-5-2-1-3-6-19/h1-3,5-6,8-9,17,20H,4,7,10-16,18H2. The molecule has 0 radical (unpaired) electrons. The fourth-order valence-electron chi connectivity index (χ4n) is 4.76. The van der Waals surface area contributed by atoms with Crippen LogP contribution in [0.4, 0.5) is 9.52 Å². The van der Waals surface area contributed by atoms with E-state index in [1.165, 1.54) is 23.0 Å². The first-order chi connectivity index (χ1) is 15.7. The number of nitrogens with zero attached hydrogens (tertiary/aromatic N) is 4. The molecule has 1 aromatic heterocycles. The summed E-state index contributed by atoms with van der Waals surface area (Å²) in [4.78, 5) is 24.7. The SMILES string of the molecule is O=C(C1CCCN(c2nc3ccc(F)cc3s2)C1)N1CCN(CCc2ccccc2)CC1. The van der Waals surface area contributed by atoms with E-state index in [2.05, 4.69) is 50.0 Å². The van der Waals surface area contributed by atoms with Gasteiger partial charge in [-0.15, -0.1) is 0 Å². The summed E-state index contributed by atoms with van der Waals surface area (Å²) in [5.41, 5.74) is 2.19. The molecule has 5 rings (SSSR count). The summed E-state index contributed by atoms with van der Waals surface area (Å²) in [6.45, 7) is 6.15. The summed E-state index contributed by atoms with van der Waals surface area (Å²) in [7, 11) is 0. The van der Waals surface area contributed by atoms with Gasteiger partial charge in [-0.2, -0.15) is 0 Å². The number of hydrogen-bond acceptors (Lipinski definition) is 5. The molecule has 3 heterocycles. The first kappa shape index (κ1) is 21.3. The number of amides is 1. The number of piperidine rings is 1. The predicted octanol–water partition coefficient (Wildman–Crippen LogP) is 4.04. The maximum atomic E-state index is 13.5. The lowest BCUT2D eigenvalue weighted by Crippen LogP contribution is -2.52. The number of anilines is 1. The zero-order chi connectivity index (χ0) is 21.9. The van der Waals surface area contributed by atoms with Crippen molar-refractivity contribution in [2.75, 3.05) is 50.7 Å². The zero-order valence-corrected chi connectivity index (χ0v) is 19.1. The van der Waals surface area contributed by atoms with E-state index in [9.17, 15) is 9.18 Å². The third-order valence-corrected chi connectivity index (χ3v) is 7.70. The number of benzene rings is 2. The molecule has 1 amide bonds. The fourth-order valence-corrected chi connectivity index (χ4v) is 5.78. The van der Waals surface area contributed by atoms with Crippen LogP contribution in [-0.2, 0) is 11.2 Å². The van der Waals surface area contributed by atoms with Gasteiger partial charge in [0.15, 0.2) is 5.13 Å². The van der Waals surface area contributed by atoms with Crippen LogP contribution in [0.1, 0.15) is 18.4 Å². The van der Waals surface area contributed by atoms with Crippen LogP contribution in [0.2, 0.25) is 0 Å². The van der Waals surface area contributed by atoms with Crippen LogP contribution in [0.5, 0.6) is 0 Å². The fraction of sp³-hybridized carbons (Fsp3) is 0.440. The minimum Gasteiger partial charge on any atom is -0.347 e. The Labute approximate surface area is 192 Å². The largest absolute Gasteiger partial charge is 0.347 e. The monoisotopic (exact) mass is 452 g/mol. The van der Waals surface area contributed by atoms with E-state index in [1.807, 2.05) is 0 Å². The molecule has 0 spiro atoms. The van der Waals surface area contributed by atoms with Crippen molar-refractivity contribution in [2.45, 2.75) is 19.3 Å². The molecule has 3 aromatic rings. The van der Waals surface area contributed by atoms with Crippen molar-refractivity contribution in [1.82, 2.24) is 14.8 Å². The van der Waals surface area contributed by atoms with Gasteiger partial charge in [-0.05, 0) is 43.0 Å². The van der Waals surface area contributed by atoms with Crippen molar-refractivity contribution in [3.05, 3.63) is 59.9 Å².